The standard InChI is InChI=1S/C38H42O12/c1-8-24-27(47-32(42)22-15-11-9-12-16-22)29-36(6)25(19-26(41)38(29)49-34(44)37(24,7)50-38)35(4,5)30(46-21(3)40)28(45-20(2)39)31(36)48-33(43)23-17-13-10-14-18-23/h8-18,24-31,41H,1,19H2,2-7H3. The van der Waals surface area contributed by atoms with Crippen LogP contribution in [0, 0.1) is 28.6 Å². The molecule has 2 saturated carbocycles. The van der Waals surface area contributed by atoms with Crippen LogP contribution in [0.2, 0.25) is 0 Å². The molecule has 2 bridgehead atoms. The lowest BCUT2D eigenvalue weighted by Crippen LogP contribution is -2.79. The van der Waals surface area contributed by atoms with Crippen LogP contribution in [0.25, 0.3) is 0 Å². The molecule has 0 aromatic heterocycles. The Bertz CT molecular complexity index is 1710. The highest BCUT2D eigenvalue weighted by Crippen LogP contribution is 2.70. The average molecular weight is 691 g/mol. The van der Waals surface area contributed by atoms with Crippen molar-refractivity contribution in [1.29, 1.82) is 0 Å². The van der Waals surface area contributed by atoms with Crippen LogP contribution in [0.3, 0.4) is 0 Å². The molecule has 50 heavy (non-hydrogen) atoms. The Morgan fingerprint density at radius 2 is 1.34 bits per heavy atom. The lowest BCUT2D eigenvalue weighted by atomic mass is 9.42. The molecule has 6 rings (SSSR count). The van der Waals surface area contributed by atoms with Crippen molar-refractivity contribution in [2.24, 2.45) is 28.6 Å². The third-order valence-corrected chi connectivity index (χ3v) is 11.3. The molecule has 2 aromatic rings. The number of carbonyl (C=O) groups excluding carboxylic acids is 5. The van der Waals surface area contributed by atoms with Gasteiger partial charge in [-0.05, 0) is 43.5 Å². The molecular formula is C38H42O12. The molecule has 266 valence electrons. The fourth-order valence-electron chi connectivity index (χ4n) is 9.26. The van der Waals surface area contributed by atoms with Crippen LogP contribution in [0.5, 0.6) is 0 Å². The van der Waals surface area contributed by atoms with Gasteiger partial charge in [0.05, 0.1) is 23.0 Å². The van der Waals surface area contributed by atoms with E-state index in [1.54, 1.807) is 81.4 Å². The van der Waals surface area contributed by atoms with Gasteiger partial charge in [-0.3, -0.25) is 9.59 Å². The maximum absolute atomic E-state index is 14.0. The Balaban J connectivity index is 1.61. The molecule has 12 nitrogen and oxygen atoms in total. The molecule has 12 heteroatoms. The Labute approximate surface area is 290 Å². The first-order chi connectivity index (χ1) is 23.5. The van der Waals surface area contributed by atoms with Gasteiger partial charge in [-0.15, -0.1) is 6.58 Å². The number of rotatable bonds is 7. The van der Waals surface area contributed by atoms with Crippen molar-refractivity contribution >= 4 is 29.8 Å². The number of hydrogen-bond acceptors (Lipinski definition) is 12. The molecule has 0 amide bonds. The fraction of sp³-hybridized carbons (Fsp3) is 0.500. The Morgan fingerprint density at radius 3 is 1.86 bits per heavy atom. The molecule has 11 unspecified atom stereocenters. The molecule has 4 fully saturated rings. The zero-order chi connectivity index (χ0) is 36.4. The number of ether oxygens (including phenoxy) is 6. The van der Waals surface area contributed by atoms with Gasteiger partial charge in [0.25, 0.3) is 0 Å². The molecule has 2 aliphatic carbocycles. The van der Waals surface area contributed by atoms with E-state index in [0.29, 0.717) is 0 Å². The predicted molar refractivity (Wildman–Crippen MR) is 174 cm³/mol. The van der Waals surface area contributed by atoms with Gasteiger partial charge in [0, 0.05) is 24.7 Å². The summed E-state index contributed by atoms with van der Waals surface area (Å²) in [5.74, 6) is -8.80. The summed E-state index contributed by atoms with van der Waals surface area (Å²) in [7, 11) is 0. The topological polar surface area (TPSA) is 161 Å². The van der Waals surface area contributed by atoms with Crippen LogP contribution in [0.1, 0.15) is 68.7 Å². The van der Waals surface area contributed by atoms with Crippen molar-refractivity contribution < 1.29 is 57.5 Å². The van der Waals surface area contributed by atoms with Gasteiger partial charge >= 0.3 is 29.8 Å². The van der Waals surface area contributed by atoms with Crippen LogP contribution < -0.4 is 0 Å². The van der Waals surface area contributed by atoms with Crippen LogP contribution in [-0.4, -0.2) is 76.9 Å². The second-order valence-corrected chi connectivity index (χ2v) is 14.6. The van der Waals surface area contributed by atoms with E-state index in [1.165, 1.54) is 26.8 Å². The van der Waals surface area contributed by atoms with Crippen LogP contribution >= 0.6 is 0 Å². The third kappa shape index (κ3) is 5.22. The van der Waals surface area contributed by atoms with Gasteiger partial charge in [0.15, 0.2) is 11.7 Å². The zero-order valence-electron chi connectivity index (χ0n) is 28.8. The maximum atomic E-state index is 14.0. The van der Waals surface area contributed by atoms with Crippen molar-refractivity contribution in [1.82, 2.24) is 0 Å². The molecular weight excluding hydrogens is 648 g/mol. The van der Waals surface area contributed by atoms with Gasteiger partial charge in [0.2, 0.25) is 5.79 Å². The Morgan fingerprint density at radius 1 is 0.800 bits per heavy atom. The normalized spacial score (nSPS) is 37.9. The lowest BCUT2D eigenvalue weighted by molar-refractivity contribution is -0.388. The number of aliphatic hydroxyl groups is 1. The van der Waals surface area contributed by atoms with E-state index in [4.69, 9.17) is 28.4 Å². The SMILES string of the molecule is C=CC1C(OC(=O)c2ccccc2)C2C3(OC(=O)C1(C)O3)C(O)CC1C(C)(C)C(OC(C)=O)C(OC(C)=O)C(OC(=O)c3ccccc3)C12C. The van der Waals surface area contributed by atoms with Gasteiger partial charge in [0.1, 0.15) is 24.4 Å². The largest absolute Gasteiger partial charge is 0.458 e. The molecule has 1 N–H and O–H groups in total. The van der Waals surface area contributed by atoms with Crippen molar-refractivity contribution in [3.8, 4) is 0 Å². The molecule has 4 aliphatic rings. The average Bonchev–Trinajstić information content (AvgIpc) is 3.29. The number of fused-ring (bicyclic) bond motifs is 3. The molecule has 2 aliphatic heterocycles. The quantitative estimate of drug-likeness (QED) is 0.251. The number of benzene rings is 2. The van der Waals surface area contributed by atoms with E-state index in [0.717, 1.165) is 0 Å². The summed E-state index contributed by atoms with van der Waals surface area (Å²) < 4.78 is 37.1. The third-order valence-electron chi connectivity index (χ3n) is 11.3. The van der Waals surface area contributed by atoms with E-state index in [1.807, 2.05) is 0 Å². The Kier molecular flexibility index (Phi) is 8.71. The van der Waals surface area contributed by atoms with Gasteiger partial charge in [-0.1, -0.05) is 63.2 Å². The maximum Gasteiger partial charge on any atom is 0.341 e. The summed E-state index contributed by atoms with van der Waals surface area (Å²) in [5, 5.41) is 12.1. The minimum atomic E-state index is -2.10. The van der Waals surface area contributed by atoms with E-state index in [9.17, 15) is 29.1 Å². The summed E-state index contributed by atoms with van der Waals surface area (Å²) >= 11 is 0. The first-order valence-electron chi connectivity index (χ1n) is 16.6. The van der Waals surface area contributed by atoms with Crippen molar-refractivity contribution in [2.75, 3.05) is 0 Å². The monoisotopic (exact) mass is 690 g/mol. The van der Waals surface area contributed by atoms with Crippen LogP contribution in [-0.2, 0) is 42.8 Å². The molecule has 2 saturated heterocycles. The number of carbonyl (C=O) groups is 5. The smallest absolute Gasteiger partial charge is 0.341 e. The predicted octanol–water partition coefficient (Wildman–Crippen LogP) is 4.19. The fourth-order valence-corrected chi connectivity index (χ4v) is 9.26. The van der Waals surface area contributed by atoms with E-state index in [-0.39, 0.29) is 17.5 Å². The van der Waals surface area contributed by atoms with E-state index in [2.05, 4.69) is 6.58 Å². The number of hydrogen-bond donors (Lipinski definition) is 1. The highest BCUT2D eigenvalue weighted by molar-refractivity contribution is 5.90. The number of aliphatic hydroxyl groups excluding tert-OH is 1. The first kappa shape index (κ1) is 35.3. The molecule has 2 heterocycles. The summed E-state index contributed by atoms with van der Waals surface area (Å²) in [6.45, 7) is 13.2. The summed E-state index contributed by atoms with van der Waals surface area (Å²) in [5.41, 5.74) is -3.88. The van der Waals surface area contributed by atoms with Crippen LogP contribution in [0.15, 0.2) is 73.3 Å². The van der Waals surface area contributed by atoms with Crippen molar-refractivity contribution in [2.45, 2.75) is 89.9 Å². The highest BCUT2D eigenvalue weighted by atomic mass is 16.8. The van der Waals surface area contributed by atoms with Gasteiger partial charge < -0.3 is 33.5 Å². The summed E-state index contributed by atoms with van der Waals surface area (Å²) in [6.07, 6.45) is -5.37. The summed E-state index contributed by atoms with van der Waals surface area (Å²) in [6, 6.07) is 16.4. The highest BCUT2D eigenvalue weighted by Gasteiger charge is 2.83. The Hall–Kier alpha value is -4.55. The molecule has 1 spiro atoms. The lowest BCUT2D eigenvalue weighted by Gasteiger charge is -2.68. The number of esters is 5. The van der Waals surface area contributed by atoms with E-state index < -0.39 is 100 Å². The minimum absolute atomic E-state index is 0.0919. The van der Waals surface area contributed by atoms with Crippen LogP contribution in [0.4, 0.5) is 0 Å². The summed E-state index contributed by atoms with van der Waals surface area (Å²) in [4.78, 5) is 67.1. The second kappa shape index (κ2) is 12.3. The van der Waals surface area contributed by atoms with Crippen molar-refractivity contribution in [3.63, 3.8) is 0 Å². The van der Waals surface area contributed by atoms with Gasteiger partial charge in [-0.2, -0.15) is 0 Å². The second-order valence-electron chi connectivity index (χ2n) is 14.6. The molecule has 11 atom stereocenters. The van der Waals surface area contributed by atoms with E-state index >= 15 is 0 Å². The zero-order valence-corrected chi connectivity index (χ0v) is 28.8. The van der Waals surface area contributed by atoms with Crippen molar-refractivity contribution in [3.05, 3.63) is 84.4 Å². The first-order valence-corrected chi connectivity index (χ1v) is 16.6. The molecule has 0 radical (unpaired) electrons. The molecule has 2 aromatic carbocycles. The van der Waals surface area contributed by atoms with Gasteiger partial charge in [-0.25, -0.2) is 14.4 Å². The minimum Gasteiger partial charge on any atom is -0.458 e.